The molecule has 0 bridgehead atoms. The molecule has 0 aliphatic heterocycles. The van der Waals surface area contributed by atoms with Crippen LogP contribution < -0.4 is 0 Å². The third kappa shape index (κ3) is 4.73. The molecule has 1 aromatic heterocycles. The molecule has 24 heavy (non-hydrogen) atoms. The average molecular weight is 334 g/mol. The van der Waals surface area contributed by atoms with E-state index < -0.39 is 11.9 Å². The predicted molar refractivity (Wildman–Crippen MR) is 90.8 cm³/mol. The molecule has 0 N–H and O–H groups in total. The number of rotatable bonds is 3. The summed E-state index contributed by atoms with van der Waals surface area (Å²) in [6.07, 6.45) is 12.7. The second kappa shape index (κ2) is 9.30. The minimum atomic E-state index is -0.476. The normalized spacial score (nSPS) is 17.1. The Bertz CT molecular complexity index is 597. The topological polar surface area (TPSA) is 65.7 Å². The highest BCUT2D eigenvalue weighted by Crippen LogP contribution is 2.28. The van der Waals surface area contributed by atoms with E-state index in [9.17, 15) is 9.59 Å². The van der Waals surface area contributed by atoms with Crippen LogP contribution in [0.2, 0.25) is 0 Å². The van der Waals surface area contributed by atoms with Crippen molar-refractivity contribution in [3.05, 3.63) is 28.7 Å². The molecule has 0 radical (unpaired) electrons. The van der Waals surface area contributed by atoms with Gasteiger partial charge in [-0.1, -0.05) is 37.8 Å². The molecule has 1 aliphatic carbocycles. The number of ether oxygens (including phenoxy) is 2. The number of furan rings is 1. The molecular formula is C19H26O5. The fourth-order valence-corrected chi connectivity index (χ4v) is 3.02. The van der Waals surface area contributed by atoms with Crippen molar-refractivity contribution in [3.63, 3.8) is 0 Å². The second-order valence-electron chi connectivity index (χ2n) is 6.04. The molecule has 0 saturated heterocycles. The Morgan fingerprint density at radius 3 is 2.46 bits per heavy atom. The third-order valence-corrected chi connectivity index (χ3v) is 4.33. The molecule has 0 spiro atoms. The van der Waals surface area contributed by atoms with E-state index in [1.807, 2.05) is 6.08 Å². The highest BCUT2D eigenvalue weighted by atomic mass is 16.5. The number of carbonyl (C=O) groups excluding carboxylic acids is 2. The Morgan fingerprint density at radius 2 is 1.75 bits per heavy atom. The lowest BCUT2D eigenvalue weighted by Gasteiger charge is -2.04. The number of carbonyl (C=O) groups is 2. The fourth-order valence-electron chi connectivity index (χ4n) is 3.02. The van der Waals surface area contributed by atoms with Gasteiger partial charge in [-0.05, 0) is 19.3 Å². The zero-order chi connectivity index (χ0) is 17.4. The van der Waals surface area contributed by atoms with Crippen LogP contribution in [-0.4, -0.2) is 26.2 Å². The summed E-state index contributed by atoms with van der Waals surface area (Å²) >= 11 is 0. The number of hydrogen-bond acceptors (Lipinski definition) is 5. The first kappa shape index (κ1) is 18.3. The maximum absolute atomic E-state index is 12.2. The van der Waals surface area contributed by atoms with Crippen LogP contribution in [0, 0.1) is 0 Å². The van der Waals surface area contributed by atoms with Crippen LogP contribution in [0.1, 0.15) is 72.4 Å². The Morgan fingerprint density at radius 1 is 1.04 bits per heavy atom. The first-order valence-corrected chi connectivity index (χ1v) is 8.63. The molecule has 0 fully saturated rings. The predicted octanol–water partition coefficient (Wildman–Crippen LogP) is 4.08. The van der Waals surface area contributed by atoms with Gasteiger partial charge in [-0.3, -0.25) is 4.79 Å². The van der Waals surface area contributed by atoms with Crippen molar-refractivity contribution in [2.75, 3.05) is 14.2 Å². The largest absolute Gasteiger partial charge is 0.469 e. The lowest BCUT2D eigenvalue weighted by atomic mass is 10.0. The van der Waals surface area contributed by atoms with Crippen molar-refractivity contribution in [3.8, 4) is 0 Å². The molecule has 0 amide bonds. The van der Waals surface area contributed by atoms with Gasteiger partial charge in [0, 0.05) is 12.0 Å². The monoisotopic (exact) mass is 334 g/mol. The molecule has 1 aromatic rings. The zero-order valence-electron chi connectivity index (χ0n) is 14.6. The summed E-state index contributed by atoms with van der Waals surface area (Å²) in [6.45, 7) is 0. The van der Waals surface area contributed by atoms with Crippen LogP contribution in [0.5, 0.6) is 0 Å². The molecule has 1 heterocycles. The lowest BCUT2D eigenvalue weighted by molar-refractivity contribution is -0.140. The third-order valence-electron chi connectivity index (χ3n) is 4.33. The van der Waals surface area contributed by atoms with E-state index in [2.05, 4.69) is 6.08 Å². The number of aryl methyl sites for hydroxylation is 1. The SMILES string of the molecule is COC(=O)Cc1oc2c(c1C(=O)OC)/C=C/CCCCCCCC2. The van der Waals surface area contributed by atoms with Gasteiger partial charge in [-0.2, -0.15) is 0 Å². The van der Waals surface area contributed by atoms with Gasteiger partial charge in [0.1, 0.15) is 23.5 Å². The van der Waals surface area contributed by atoms with Gasteiger partial charge in [-0.25, -0.2) is 4.79 Å². The molecule has 5 nitrogen and oxygen atoms in total. The molecule has 2 rings (SSSR count). The molecule has 0 atom stereocenters. The summed E-state index contributed by atoms with van der Waals surface area (Å²) in [5, 5.41) is 0. The second-order valence-corrected chi connectivity index (χ2v) is 6.04. The van der Waals surface area contributed by atoms with E-state index in [0.717, 1.165) is 43.4 Å². The first-order chi connectivity index (χ1) is 11.7. The zero-order valence-corrected chi connectivity index (χ0v) is 14.6. The summed E-state index contributed by atoms with van der Waals surface area (Å²) in [6, 6.07) is 0. The number of methoxy groups -OCH3 is 2. The van der Waals surface area contributed by atoms with Crippen LogP contribution >= 0.6 is 0 Å². The van der Waals surface area contributed by atoms with E-state index in [-0.39, 0.29) is 6.42 Å². The van der Waals surface area contributed by atoms with Crippen LogP contribution in [0.15, 0.2) is 10.5 Å². The van der Waals surface area contributed by atoms with Gasteiger partial charge < -0.3 is 13.9 Å². The molecule has 0 aromatic carbocycles. The number of allylic oxidation sites excluding steroid dienone is 1. The van der Waals surface area contributed by atoms with Crippen molar-refractivity contribution >= 4 is 18.0 Å². The molecule has 0 saturated carbocycles. The van der Waals surface area contributed by atoms with Crippen LogP contribution in [0.4, 0.5) is 0 Å². The van der Waals surface area contributed by atoms with Gasteiger partial charge in [0.2, 0.25) is 0 Å². The average Bonchev–Trinajstić information content (AvgIpc) is 2.91. The minimum Gasteiger partial charge on any atom is -0.469 e. The molecule has 1 aliphatic rings. The standard InChI is InChI=1S/C19H26O5/c1-22-17(20)13-16-18(19(21)23-2)14-11-9-7-5-3-4-6-8-10-12-15(14)24-16/h9,11H,3-8,10,12-13H2,1-2H3/b11-9+. The Labute approximate surface area is 143 Å². The Kier molecular flexibility index (Phi) is 7.09. The minimum absolute atomic E-state index is 0.0677. The van der Waals surface area contributed by atoms with Crippen LogP contribution in [0.25, 0.3) is 6.08 Å². The summed E-state index contributed by atoms with van der Waals surface area (Å²) in [5.41, 5.74) is 1.10. The Hall–Kier alpha value is -2.04. The van der Waals surface area contributed by atoms with Crippen molar-refractivity contribution in [2.24, 2.45) is 0 Å². The summed E-state index contributed by atoms with van der Waals surface area (Å²) < 4.78 is 15.5. The molecular weight excluding hydrogens is 308 g/mol. The van der Waals surface area contributed by atoms with Gasteiger partial charge in [0.25, 0.3) is 0 Å². The van der Waals surface area contributed by atoms with Gasteiger partial charge >= 0.3 is 11.9 Å². The van der Waals surface area contributed by atoms with Gasteiger partial charge in [0.05, 0.1) is 14.2 Å². The molecule has 132 valence electrons. The van der Waals surface area contributed by atoms with Gasteiger partial charge in [0.15, 0.2) is 0 Å². The smallest absolute Gasteiger partial charge is 0.342 e. The highest BCUT2D eigenvalue weighted by Gasteiger charge is 2.26. The van der Waals surface area contributed by atoms with Crippen molar-refractivity contribution in [1.29, 1.82) is 0 Å². The van der Waals surface area contributed by atoms with E-state index in [1.54, 1.807) is 0 Å². The summed E-state index contributed by atoms with van der Waals surface area (Å²) in [7, 11) is 2.66. The van der Waals surface area contributed by atoms with E-state index in [0.29, 0.717) is 11.3 Å². The maximum atomic E-state index is 12.2. The van der Waals surface area contributed by atoms with Crippen molar-refractivity contribution < 1.29 is 23.5 Å². The van der Waals surface area contributed by atoms with Crippen molar-refractivity contribution in [2.45, 2.75) is 57.8 Å². The lowest BCUT2D eigenvalue weighted by Crippen LogP contribution is -2.10. The quantitative estimate of drug-likeness (QED) is 0.779. The van der Waals surface area contributed by atoms with Crippen LogP contribution in [-0.2, 0) is 27.1 Å². The molecule has 0 unspecified atom stereocenters. The number of esters is 2. The maximum Gasteiger partial charge on any atom is 0.342 e. The van der Waals surface area contributed by atoms with E-state index >= 15 is 0 Å². The van der Waals surface area contributed by atoms with Crippen molar-refractivity contribution in [1.82, 2.24) is 0 Å². The molecule has 5 heteroatoms. The fraction of sp³-hybridized carbons (Fsp3) is 0.579. The summed E-state index contributed by atoms with van der Waals surface area (Å²) in [4.78, 5) is 23.9. The number of hydrogen-bond donors (Lipinski definition) is 0. The van der Waals surface area contributed by atoms with E-state index in [4.69, 9.17) is 13.9 Å². The Balaban J connectivity index is 2.40. The van der Waals surface area contributed by atoms with Crippen LogP contribution in [0.3, 0.4) is 0 Å². The summed E-state index contributed by atoms with van der Waals surface area (Å²) in [5.74, 6) is 0.175. The first-order valence-electron chi connectivity index (χ1n) is 8.63. The number of fused-ring (bicyclic) bond motifs is 1. The van der Waals surface area contributed by atoms with E-state index in [1.165, 1.54) is 33.5 Å². The van der Waals surface area contributed by atoms with Gasteiger partial charge in [-0.15, -0.1) is 0 Å². The highest BCUT2D eigenvalue weighted by molar-refractivity contribution is 5.96.